The number of nitrogens with zero attached hydrogens (tertiary/aromatic N) is 2. The third-order valence-electron chi connectivity index (χ3n) is 2.50. The molecule has 4 nitrogen and oxygen atoms in total. The lowest BCUT2D eigenvalue weighted by Crippen LogP contribution is -2.18. The molecule has 2 rings (SSSR count). The van der Waals surface area contributed by atoms with E-state index >= 15 is 0 Å². The average molecular weight is 252 g/mol. The molecule has 5 heteroatoms. The van der Waals surface area contributed by atoms with Crippen molar-refractivity contribution < 1.29 is 4.52 Å². The highest BCUT2D eigenvalue weighted by molar-refractivity contribution is 6.30. The molecule has 0 fully saturated rings. The molecule has 1 unspecified atom stereocenters. The first kappa shape index (κ1) is 12.1. The molecule has 1 N–H and O–H groups in total. The molecule has 1 aromatic carbocycles. The number of halogens is 1. The largest absolute Gasteiger partial charge is 0.338 e. The predicted molar refractivity (Wildman–Crippen MR) is 65.7 cm³/mol. The van der Waals surface area contributed by atoms with Gasteiger partial charge in [-0.3, -0.25) is 0 Å². The first-order valence-corrected chi connectivity index (χ1v) is 5.81. The first-order chi connectivity index (χ1) is 8.15. The average Bonchev–Trinajstić information content (AvgIpc) is 2.73. The Bertz CT molecular complexity index is 481. The normalized spacial score (nSPS) is 12.6. The number of aryl methyl sites for hydroxylation is 1. The summed E-state index contributed by atoms with van der Waals surface area (Å²) in [4.78, 5) is 4.13. The van der Waals surface area contributed by atoms with E-state index in [1.807, 2.05) is 24.3 Å². The topological polar surface area (TPSA) is 51.0 Å². The van der Waals surface area contributed by atoms with Gasteiger partial charge in [0.05, 0.1) is 6.54 Å². The summed E-state index contributed by atoms with van der Waals surface area (Å²) in [5.41, 5.74) is 1.17. The summed E-state index contributed by atoms with van der Waals surface area (Å²) in [7, 11) is 0. The second-order valence-electron chi connectivity index (χ2n) is 3.89. The third-order valence-corrected chi connectivity index (χ3v) is 2.75. The number of hydrogen-bond donors (Lipinski definition) is 1. The van der Waals surface area contributed by atoms with Crippen LogP contribution in [0.1, 0.15) is 30.2 Å². The quantitative estimate of drug-likeness (QED) is 0.908. The van der Waals surface area contributed by atoms with E-state index in [1.54, 1.807) is 6.92 Å². The minimum Gasteiger partial charge on any atom is -0.338 e. The van der Waals surface area contributed by atoms with Crippen LogP contribution in [0.15, 0.2) is 28.8 Å². The fraction of sp³-hybridized carbons (Fsp3) is 0.333. The summed E-state index contributed by atoms with van der Waals surface area (Å²) in [6.07, 6.45) is 0. The van der Waals surface area contributed by atoms with E-state index in [0.717, 1.165) is 5.02 Å². The molecule has 0 bridgehead atoms. The molecule has 0 saturated heterocycles. The van der Waals surface area contributed by atoms with Gasteiger partial charge in [0.25, 0.3) is 0 Å². The van der Waals surface area contributed by atoms with Crippen molar-refractivity contribution in [2.45, 2.75) is 26.4 Å². The van der Waals surface area contributed by atoms with Crippen molar-refractivity contribution in [2.24, 2.45) is 0 Å². The lowest BCUT2D eigenvalue weighted by Gasteiger charge is -2.12. The summed E-state index contributed by atoms with van der Waals surface area (Å²) in [5, 5.41) is 7.79. The van der Waals surface area contributed by atoms with Crippen molar-refractivity contribution in [3.05, 3.63) is 46.6 Å². The fourth-order valence-electron chi connectivity index (χ4n) is 1.52. The van der Waals surface area contributed by atoms with Gasteiger partial charge in [-0.2, -0.15) is 4.98 Å². The zero-order valence-electron chi connectivity index (χ0n) is 9.77. The molecule has 0 saturated carbocycles. The number of rotatable bonds is 4. The molecule has 0 spiro atoms. The molecular weight excluding hydrogens is 238 g/mol. The Hall–Kier alpha value is -1.39. The van der Waals surface area contributed by atoms with E-state index in [2.05, 4.69) is 22.4 Å². The summed E-state index contributed by atoms with van der Waals surface area (Å²) in [5.74, 6) is 1.25. The van der Waals surface area contributed by atoms with E-state index in [1.165, 1.54) is 5.56 Å². The minimum absolute atomic E-state index is 0.208. The van der Waals surface area contributed by atoms with Crippen LogP contribution in [0.2, 0.25) is 5.02 Å². The highest BCUT2D eigenvalue weighted by atomic mass is 35.5. The Labute approximate surface area is 105 Å². The molecule has 0 aliphatic carbocycles. The Morgan fingerprint density at radius 1 is 1.35 bits per heavy atom. The van der Waals surface area contributed by atoms with Crippen LogP contribution in [0.3, 0.4) is 0 Å². The second kappa shape index (κ2) is 5.29. The fourth-order valence-corrected chi connectivity index (χ4v) is 1.65. The van der Waals surface area contributed by atoms with Crippen molar-refractivity contribution in [1.82, 2.24) is 15.5 Å². The van der Waals surface area contributed by atoms with Crippen LogP contribution in [0.4, 0.5) is 0 Å². The number of aromatic nitrogens is 2. The maximum atomic E-state index is 5.84. The molecule has 0 radical (unpaired) electrons. The maximum absolute atomic E-state index is 5.84. The van der Waals surface area contributed by atoms with Gasteiger partial charge in [0.15, 0.2) is 5.82 Å². The Morgan fingerprint density at radius 3 is 2.65 bits per heavy atom. The van der Waals surface area contributed by atoms with Crippen molar-refractivity contribution in [3.8, 4) is 0 Å². The molecule has 1 atom stereocenters. The van der Waals surface area contributed by atoms with Crippen molar-refractivity contribution in [2.75, 3.05) is 0 Å². The molecule has 1 heterocycles. The molecule has 17 heavy (non-hydrogen) atoms. The van der Waals surface area contributed by atoms with Crippen molar-refractivity contribution >= 4 is 11.6 Å². The number of hydrogen-bond acceptors (Lipinski definition) is 4. The monoisotopic (exact) mass is 251 g/mol. The minimum atomic E-state index is 0.208. The van der Waals surface area contributed by atoms with Crippen LogP contribution in [-0.2, 0) is 6.54 Å². The first-order valence-electron chi connectivity index (χ1n) is 5.43. The predicted octanol–water partition coefficient (Wildman–Crippen LogP) is 2.88. The van der Waals surface area contributed by atoms with Gasteiger partial charge in [-0.15, -0.1) is 0 Å². The van der Waals surface area contributed by atoms with Crippen LogP contribution in [0.5, 0.6) is 0 Å². The van der Waals surface area contributed by atoms with Crippen molar-refractivity contribution in [3.63, 3.8) is 0 Å². The molecule has 0 aliphatic heterocycles. The molecule has 90 valence electrons. The zero-order chi connectivity index (χ0) is 12.3. The second-order valence-corrected chi connectivity index (χ2v) is 4.33. The summed E-state index contributed by atoms with van der Waals surface area (Å²) >= 11 is 5.84. The van der Waals surface area contributed by atoms with E-state index in [4.69, 9.17) is 16.1 Å². The number of nitrogens with one attached hydrogen (secondary N) is 1. The highest BCUT2D eigenvalue weighted by Gasteiger charge is 2.07. The molecule has 1 aromatic heterocycles. The smallest absolute Gasteiger partial charge is 0.240 e. The zero-order valence-corrected chi connectivity index (χ0v) is 10.5. The van der Waals surface area contributed by atoms with Gasteiger partial charge in [-0.25, -0.2) is 0 Å². The van der Waals surface area contributed by atoms with E-state index in [0.29, 0.717) is 18.3 Å². The van der Waals surface area contributed by atoms with Crippen LogP contribution >= 0.6 is 11.6 Å². The van der Waals surface area contributed by atoms with Crippen LogP contribution in [0.25, 0.3) is 0 Å². The van der Waals surface area contributed by atoms with E-state index < -0.39 is 0 Å². The van der Waals surface area contributed by atoms with Gasteiger partial charge in [0.2, 0.25) is 5.89 Å². The van der Waals surface area contributed by atoms with Crippen LogP contribution in [-0.4, -0.2) is 10.1 Å². The SMILES string of the molecule is Cc1noc(CNC(C)c2ccc(Cl)cc2)n1. The van der Waals surface area contributed by atoms with Gasteiger partial charge >= 0.3 is 0 Å². The van der Waals surface area contributed by atoms with Crippen LogP contribution in [0, 0.1) is 6.92 Å². The molecule has 2 aromatic rings. The Balaban J connectivity index is 1.93. The van der Waals surface area contributed by atoms with Gasteiger partial charge in [-0.05, 0) is 31.5 Å². The van der Waals surface area contributed by atoms with E-state index in [-0.39, 0.29) is 6.04 Å². The van der Waals surface area contributed by atoms with Gasteiger partial charge in [0, 0.05) is 11.1 Å². The van der Waals surface area contributed by atoms with E-state index in [9.17, 15) is 0 Å². The summed E-state index contributed by atoms with van der Waals surface area (Å²) in [6.45, 7) is 4.44. The standard InChI is InChI=1S/C12H14ClN3O/c1-8(10-3-5-11(13)6-4-10)14-7-12-15-9(2)16-17-12/h3-6,8,14H,7H2,1-2H3. The third kappa shape index (κ3) is 3.28. The Kier molecular flexibility index (Phi) is 3.76. The molecule has 0 amide bonds. The van der Waals surface area contributed by atoms with Gasteiger partial charge < -0.3 is 9.84 Å². The summed E-state index contributed by atoms with van der Waals surface area (Å²) < 4.78 is 5.02. The highest BCUT2D eigenvalue weighted by Crippen LogP contribution is 2.16. The maximum Gasteiger partial charge on any atom is 0.240 e. The van der Waals surface area contributed by atoms with Crippen LogP contribution < -0.4 is 5.32 Å². The lowest BCUT2D eigenvalue weighted by atomic mass is 10.1. The van der Waals surface area contributed by atoms with Crippen molar-refractivity contribution in [1.29, 1.82) is 0 Å². The molecule has 0 aliphatic rings. The Morgan fingerprint density at radius 2 is 2.06 bits per heavy atom. The van der Waals surface area contributed by atoms with Gasteiger partial charge in [0.1, 0.15) is 0 Å². The van der Waals surface area contributed by atoms with Gasteiger partial charge in [-0.1, -0.05) is 28.9 Å². The number of benzene rings is 1. The molecular formula is C12H14ClN3O. The lowest BCUT2D eigenvalue weighted by molar-refractivity contribution is 0.357. The summed E-state index contributed by atoms with van der Waals surface area (Å²) in [6, 6.07) is 7.97.